The highest BCUT2D eigenvalue weighted by molar-refractivity contribution is 9.10. The molecule has 0 saturated carbocycles. The van der Waals surface area contributed by atoms with Gasteiger partial charge in [0.05, 0.1) is 5.69 Å². The van der Waals surface area contributed by atoms with Gasteiger partial charge in [-0.25, -0.2) is 4.39 Å². The molecular weight excluding hydrogens is 317 g/mol. The maximum Gasteiger partial charge on any atom is 0.255 e. The molecule has 0 atom stereocenters. The first-order chi connectivity index (χ1) is 8.56. The van der Waals surface area contributed by atoms with Gasteiger partial charge in [0.2, 0.25) is 0 Å². The lowest BCUT2D eigenvalue weighted by molar-refractivity contribution is 0.102. The molecule has 0 heterocycles. The van der Waals surface area contributed by atoms with Gasteiger partial charge >= 0.3 is 0 Å². The molecule has 0 aliphatic rings. The Morgan fingerprint density at radius 2 is 1.83 bits per heavy atom. The molecule has 0 aliphatic carbocycles. The summed E-state index contributed by atoms with van der Waals surface area (Å²) in [6, 6.07) is 10.9. The van der Waals surface area contributed by atoms with Crippen molar-refractivity contribution in [2.45, 2.75) is 4.90 Å². The van der Waals surface area contributed by atoms with Crippen LogP contribution in [0, 0.1) is 5.82 Å². The second-order valence-corrected chi connectivity index (χ2v) is 5.00. The Balaban J connectivity index is 2.18. The summed E-state index contributed by atoms with van der Waals surface area (Å²) in [5, 5.41) is 2.70. The largest absolute Gasteiger partial charge is 0.321 e. The Morgan fingerprint density at radius 3 is 2.44 bits per heavy atom. The Morgan fingerprint density at radius 1 is 1.17 bits per heavy atom. The third kappa shape index (κ3) is 3.11. The SMILES string of the molecule is O=C(Nc1ccc(F)cc1Br)c1ccc(S)cc1. The van der Waals surface area contributed by atoms with E-state index in [0.29, 0.717) is 15.7 Å². The molecule has 0 unspecified atom stereocenters. The summed E-state index contributed by atoms with van der Waals surface area (Å²) in [6.07, 6.45) is 0. The van der Waals surface area contributed by atoms with Crippen LogP contribution in [0.1, 0.15) is 10.4 Å². The molecular formula is C13H9BrFNOS. The van der Waals surface area contributed by atoms with E-state index < -0.39 is 0 Å². The number of carbonyl (C=O) groups is 1. The van der Waals surface area contributed by atoms with Crippen molar-refractivity contribution in [3.63, 3.8) is 0 Å². The van der Waals surface area contributed by atoms with E-state index >= 15 is 0 Å². The number of nitrogens with one attached hydrogen (secondary N) is 1. The number of thiol groups is 1. The lowest BCUT2D eigenvalue weighted by Gasteiger charge is -2.07. The minimum Gasteiger partial charge on any atom is -0.321 e. The third-order valence-corrected chi connectivity index (χ3v) is 3.26. The van der Waals surface area contributed by atoms with Crippen molar-refractivity contribution in [3.05, 3.63) is 58.3 Å². The van der Waals surface area contributed by atoms with Gasteiger partial charge in [0.1, 0.15) is 5.82 Å². The van der Waals surface area contributed by atoms with E-state index in [1.54, 1.807) is 24.3 Å². The van der Waals surface area contributed by atoms with Gasteiger partial charge in [0, 0.05) is 14.9 Å². The smallest absolute Gasteiger partial charge is 0.255 e. The highest BCUT2D eigenvalue weighted by Crippen LogP contribution is 2.23. The highest BCUT2D eigenvalue weighted by atomic mass is 79.9. The zero-order valence-corrected chi connectivity index (χ0v) is 11.6. The molecule has 0 spiro atoms. The van der Waals surface area contributed by atoms with Crippen LogP contribution in [0.4, 0.5) is 10.1 Å². The molecule has 92 valence electrons. The van der Waals surface area contributed by atoms with Crippen LogP contribution in [-0.2, 0) is 0 Å². The molecule has 2 aromatic rings. The monoisotopic (exact) mass is 325 g/mol. The summed E-state index contributed by atoms with van der Waals surface area (Å²) >= 11 is 7.34. The minimum atomic E-state index is -0.362. The normalized spacial score (nSPS) is 10.2. The van der Waals surface area contributed by atoms with Gasteiger partial charge in [-0.1, -0.05) is 0 Å². The molecule has 0 saturated heterocycles. The van der Waals surface area contributed by atoms with Gasteiger partial charge in [-0.05, 0) is 58.4 Å². The topological polar surface area (TPSA) is 29.1 Å². The molecule has 0 aliphatic heterocycles. The van der Waals surface area contributed by atoms with E-state index in [2.05, 4.69) is 33.9 Å². The molecule has 2 rings (SSSR count). The summed E-state index contributed by atoms with van der Waals surface area (Å²) in [5.41, 5.74) is 1.04. The fourth-order valence-corrected chi connectivity index (χ4v) is 2.00. The van der Waals surface area contributed by atoms with Gasteiger partial charge < -0.3 is 5.32 Å². The predicted molar refractivity (Wildman–Crippen MR) is 75.7 cm³/mol. The lowest BCUT2D eigenvalue weighted by atomic mass is 10.2. The highest BCUT2D eigenvalue weighted by Gasteiger charge is 2.08. The molecule has 1 N–H and O–H groups in total. The predicted octanol–water partition coefficient (Wildman–Crippen LogP) is 4.13. The Hall–Kier alpha value is -1.33. The van der Waals surface area contributed by atoms with Crippen LogP contribution >= 0.6 is 28.6 Å². The fourth-order valence-electron chi connectivity index (χ4n) is 1.40. The van der Waals surface area contributed by atoms with Crippen molar-refractivity contribution in [2.24, 2.45) is 0 Å². The van der Waals surface area contributed by atoms with Gasteiger partial charge in [-0.3, -0.25) is 4.79 Å². The number of benzene rings is 2. The van der Waals surface area contributed by atoms with Gasteiger partial charge in [-0.15, -0.1) is 12.6 Å². The summed E-state index contributed by atoms with van der Waals surface area (Å²) in [5.74, 6) is -0.616. The number of rotatable bonds is 2. The summed E-state index contributed by atoms with van der Waals surface area (Å²) < 4.78 is 13.4. The van der Waals surface area contributed by atoms with Crippen LogP contribution in [-0.4, -0.2) is 5.91 Å². The Labute approximate surface area is 118 Å². The molecule has 5 heteroatoms. The molecule has 2 nitrogen and oxygen atoms in total. The quantitative estimate of drug-likeness (QED) is 0.799. The maximum atomic E-state index is 12.9. The van der Waals surface area contributed by atoms with Gasteiger partial charge in [0.25, 0.3) is 5.91 Å². The van der Waals surface area contributed by atoms with Crippen LogP contribution in [0.15, 0.2) is 51.8 Å². The van der Waals surface area contributed by atoms with E-state index in [0.717, 1.165) is 4.90 Å². The zero-order chi connectivity index (χ0) is 13.1. The van der Waals surface area contributed by atoms with Crippen molar-refractivity contribution in [2.75, 3.05) is 5.32 Å². The standard InChI is InChI=1S/C13H9BrFNOS/c14-11-7-9(15)3-6-12(11)16-13(17)8-1-4-10(18)5-2-8/h1-7,18H,(H,16,17). The van der Waals surface area contributed by atoms with E-state index in [1.807, 2.05) is 0 Å². The first-order valence-corrected chi connectivity index (χ1v) is 6.36. The molecule has 0 bridgehead atoms. The van der Waals surface area contributed by atoms with E-state index in [4.69, 9.17) is 0 Å². The number of halogens is 2. The second-order valence-electron chi connectivity index (χ2n) is 3.63. The van der Waals surface area contributed by atoms with Crippen LogP contribution in [0.5, 0.6) is 0 Å². The van der Waals surface area contributed by atoms with Crippen molar-refractivity contribution >= 4 is 40.2 Å². The maximum absolute atomic E-state index is 12.9. The van der Waals surface area contributed by atoms with E-state index in [1.165, 1.54) is 18.2 Å². The number of amides is 1. The average Bonchev–Trinajstić information content (AvgIpc) is 2.33. The van der Waals surface area contributed by atoms with E-state index in [9.17, 15) is 9.18 Å². The van der Waals surface area contributed by atoms with Crippen molar-refractivity contribution in [3.8, 4) is 0 Å². The third-order valence-electron chi connectivity index (χ3n) is 2.31. The number of anilines is 1. The summed E-state index contributed by atoms with van der Waals surface area (Å²) in [7, 11) is 0. The van der Waals surface area contributed by atoms with Crippen LogP contribution in [0.25, 0.3) is 0 Å². The minimum absolute atomic E-state index is 0.254. The number of hydrogen-bond donors (Lipinski definition) is 2. The number of carbonyl (C=O) groups excluding carboxylic acids is 1. The molecule has 0 radical (unpaired) electrons. The molecule has 2 aromatic carbocycles. The second kappa shape index (κ2) is 5.54. The van der Waals surface area contributed by atoms with Crippen LogP contribution in [0.3, 0.4) is 0 Å². The molecule has 18 heavy (non-hydrogen) atoms. The molecule has 0 aromatic heterocycles. The van der Waals surface area contributed by atoms with Crippen molar-refractivity contribution in [1.82, 2.24) is 0 Å². The van der Waals surface area contributed by atoms with Crippen LogP contribution in [0.2, 0.25) is 0 Å². The lowest BCUT2D eigenvalue weighted by Crippen LogP contribution is -2.12. The molecule has 1 amide bonds. The van der Waals surface area contributed by atoms with Gasteiger partial charge in [0.15, 0.2) is 0 Å². The van der Waals surface area contributed by atoms with Crippen molar-refractivity contribution in [1.29, 1.82) is 0 Å². The summed E-state index contributed by atoms with van der Waals surface area (Å²) in [4.78, 5) is 12.7. The Kier molecular flexibility index (Phi) is 4.04. The van der Waals surface area contributed by atoms with Gasteiger partial charge in [-0.2, -0.15) is 0 Å². The fraction of sp³-hybridized carbons (Fsp3) is 0. The first-order valence-electron chi connectivity index (χ1n) is 5.12. The summed E-state index contributed by atoms with van der Waals surface area (Å²) in [6.45, 7) is 0. The zero-order valence-electron chi connectivity index (χ0n) is 9.15. The van der Waals surface area contributed by atoms with Crippen LogP contribution < -0.4 is 5.32 Å². The first kappa shape index (κ1) is 13.1. The number of hydrogen-bond acceptors (Lipinski definition) is 2. The Bertz CT molecular complexity index is 586. The average molecular weight is 326 g/mol. The van der Waals surface area contributed by atoms with E-state index in [-0.39, 0.29) is 11.7 Å². The van der Waals surface area contributed by atoms with Crippen molar-refractivity contribution < 1.29 is 9.18 Å². The molecule has 0 fully saturated rings.